The SMILES string of the molecule is O=C(NCc1ccc2cc[nH]c2c1)c1ccc(Oc2ccccc2)cn1. The van der Waals surface area contributed by atoms with Gasteiger partial charge in [0.05, 0.1) is 6.20 Å². The van der Waals surface area contributed by atoms with Crippen molar-refractivity contribution < 1.29 is 9.53 Å². The zero-order valence-electron chi connectivity index (χ0n) is 14.0. The van der Waals surface area contributed by atoms with Crippen molar-refractivity contribution in [3.05, 3.63) is 90.4 Å². The van der Waals surface area contributed by atoms with Crippen LogP contribution < -0.4 is 10.1 Å². The Bertz CT molecular complexity index is 1020. The second kappa shape index (κ2) is 7.11. The predicted octanol–water partition coefficient (Wildman–Crippen LogP) is 4.29. The molecule has 26 heavy (non-hydrogen) atoms. The van der Waals surface area contributed by atoms with Crippen LogP contribution in [0.25, 0.3) is 10.9 Å². The normalized spacial score (nSPS) is 10.6. The van der Waals surface area contributed by atoms with E-state index in [9.17, 15) is 4.79 Å². The van der Waals surface area contributed by atoms with Crippen LogP contribution in [0.3, 0.4) is 0 Å². The molecule has 0 atom stereocenters. The minimum atomic E-state index is -0.220. The van der Waals surface area contributed by atoms with E-state index in [1.807, 2.05) is 60.8 Å². The van der Waals surface area contributed by atoms with Gasteiger partial charge in [0.2, 0.25) is 0 Å². The quantitative estimate of drug-likeness (QED) is 0.568. The first-order valence-electron chi connectivity index (χ1n) is 8.31. The number of carbonyl (C=O) groups excluding carboxylic acids is 1. The number of ether oxygens (including phenoxy) is 1. The van der Waals surface area contributed by atoms with Crippen LogP contribution in [-0.2, 0) is 6.54 Å². The summed E-state index contributed by atoms with van der Waals surface area (Å²) >= 11 is 0. The van der Waals surface area contributed by atoms with Crippen LogP contribution in [0, 0.1) is 0 Å². The molecule has 2 aromatic heterocycles. The zero-order valence-corrected chi connectivity index (χ0v) is 14.0. The van der Waals surface area contributed by atoms with Gasteiger partial charge in [-0.25, -0.2) is 4.98 Å². The highest BCUT2D eigenvalue weighted by atomic mass is 16.5. The molecule has 2 heterocycles. The van der Waals surface area contributed by atoms with Gasteiger partial charge in [-0.05, 0) is 47.3 Å². The van der Waals surface area contributed by atoms with Gasteiger partial charge in [-0.15, -0.1) is 0 Å². The number of amides is 1. The van der Waals surface area contributed by atoms with Crippen LogP contribution in [0.4, 0.5) is 0 Å². The highest BCUT2D eigenvalue weighted by Crippen LogP contribution is 2.20. The van der Waals surface area contributed by atoms with E-state index < -0.39 is 0 Å². The van der Waals surface area contributed by atoms with Gasteiger partial charge in [-0.3, -0.25) is 4.79 Å². The van der Waals surface area contributed by atoms with Crippen molar-refractivity contribution in [2.24, 2.45) is 0 Å². The first-order chi connectivity index (χ1) is 12.8. The largest absolute Gasteiger partial charge is 0.456 e. The maximum absolute atomic E-state index is 12.3. The van der Waals surface area contributed by atoms with E-state index in [-0.39, 0.29) is 5.91 Å². The Morgan fingerprint density at radius 1 is 1.00 bits per heavy atom. The van der Waals surface area contributed by atoms with E-state index in [1.165, 1.54) is 0 Å². The molecule has 0 aliphatic heterocycles. The Kier molecular flexibility index (Phi) is 4.35. The number of benzene rings is 2. The lowest BCUT2D eigenvalue weighted by atomic mass is 10.1. The molecular formula is C21H17N3O2. The first-order valence-corrected chi connectivity index (χ1v) is 8.31. The van der Waals surface area contributed by atoms with E-state index in [2.05, 4.69) is 15.3 Å². The van der Waals surface area contributed by atoms with Crippen molar-refractivity contribution >= 4 is 16.8 Å². The average Bonchev–Trinajstić information content (AvgIpc) is 3.15. The Morgan fingerprint density at radius 3 is 2.69 bits per heavy atom. The van der Waals surface area contributed by atoms with Gasteiger partial charge >= 0.3 is 0 Å². The van der Waals surface area contributed by atoms with Crippen LogP contribution in [-0.4, -0.2) is 15.9 Å². The summed E-state index contributed by atoms with van der Waals surface area (Å²) in [4.78, 5) is 19.6. The fourth-order valence-electron chi connectivity index (χ4n) is 2.68. The summed E-state index contributed by atoms with van der Waals surface area (Å²) in [7, 11) is 0. The number of hydrogen-bond acceptors (Lipinski definition) is 3. The van der Waals surface area contributed by atoms with Gasteiger partial charge in [-0.1, -0.05) is 30.3 Å². The number of pyridine rings is 1. The predicted molar refractivity (Wildman–Crippen MR) is 100 cm³/mol. The summed E-state index contributed by atoms with van der Waals surface area (Å²) in [5.74, 6) is 1.10. The molecule has 0 radical (unpaired) electrons. The number of carbonyl (C=O) groups is 1. The molecule has 1 amide bonds. The average molecular weight is 343 g/mol. The van der Waals surface area contributed by atoms with E-state index in [4.69, 9.17) is 4.74 Å². The number of para-hydroxylation sites is 1. The molecule has 5 nitrogen and oxygen atoms in total. The van der Waals surface area contributed by atoms with Gasteiger partial charge < -0.3 is 15.0 Å². The second-order valence-corrected chi connectivity index (χ2v) is 5.88. The van der Waals surface area contributed by atoms with Gasteiger partial charge in [0.1, 0.15) is 17.2 Å². The Labute approximate surface area is 150 Å². The molecule has 2 aromatic carbocycles. The topological polar surface area (TPSA) is 67.0 Å². The summed E-state index contributed by atoms with van der Waals surface area (Å²) < 4.78 is 5.68. The van der Waals surface area contributed by atoms with Crippen LogP contribution in [0.1, 0.15) is 16.1 Å². The highest BCUT2D eigenvalue weighted by molar-refractivity contribution is 5.92. The van der Waals surface area contributed by atoms with Crippen molar-refractivity contribution in [1.82, 2.24) is 15.3 Å². The Morgan fingerprint density at radius 2 is 1.88 bits per heavy atom. The summed E-state index contributed by atoms with van der Waals surface area (Å²) in [6.07, 6.45) is 3.45. The molecule has 4 rings (SSSR count). The minimum absolute atomic E-state index is 0.220. The minimum Gasteiger partial charge on any atom is -0.456 e. The summed E-state index contributed by atoms with van der Waals surface area (Å²) in [5, 5.41) is 4.03. The van der Waals surface area contributed by atoms with Crippen molar-refractivity contribution in [2.75, 3.05) is 0 Å². The number of H-pyrrole nitrogens is 1. The van der Waals surface area contributed by atoms with E-state index in [0.717, 1.165) is 22.2 Å². The van der Waals surface area contributed by atoms with Crippen molar-refractivity contribution in [3.63, 3.8) is 0 Å². The molecule has 0 saturated carbocycles. The number of hydrogen-bond donors (Lipinski definition) is 2. The van der Waals surface area contributed by atoms with Crippen LogP contribution in [0.5, 0.6) is 11.5 Å². The van der Waals surface area contributed by atoms with Gasteiger partial charge in [0.25, 0.3) is 5.91 Å². The number of aromatic nitrogens is 2. The van der Waals surface area contributed by atoms with Gasteiger partial charge in [-0.2, -0.15) is 0 Å². The molecule has 5 heteroatoms. The molecule has 0 saturated heterocycles. The Hall–Kier alpha value is -3.60. The Balaban J connectivity index is 1.38. The summed E-state index contributed by atoms with van der Waals surface area (Å²) in [6.45, 7) is 0.442. The third-order valence-corrected chi connectivity index (χ3v) is 4.02. The van der Waals surface area contributed by atoms with Crippen LogP contribution in [0.15, 0.2) is 79.1 Å². The van der Waals surface area contributed by atoms with Crippen molar-refractivity contribution in [2.45, 2.75) is 6.54 Å². The number of rotatable bonds is 5. The molecule has 2 N–H and O–H groups in total. The summed E-state index contributed by atoms with van der Waals surface area (Å²) in [5.41, 5.74) is 2.43. The van der Waals surface area contributed by atoms with Crippen molar-refractivity contribution in [1.29, 1.82) is 0 Å². The first kappa shape index (κ1) is 15.9. The fourth-order valence-corrected chi connectivity index (χ4v) is 2.68. The maximum Gasteiger partial charge on any atom is 0.270 e. The van der Waals surface area contributed by atoms with Crippen LogP contribution in [0.2, 0.25) is 0 Å². The number of nitrogens with one attached hydrogen (secondary N) is 2. The number of fused-ring (bicyclic) bond motifs is 1. The number of nitrogens with zero attached hydrogens (tertiary/aromatic N) is 1. The molecule has 0 bridgehead atoms. The molecule has 0 fully saturated rings. The van der Waals surface area contributed by atoms with Crippen molar-refractivity contribution in [3.8, 4) is 11.5 Å². The van der Waals surface area contributed by atoms with Gasteiger partial charge in [0, 0.05) is 18.3 Å². The van der Waals surface area contributed by atoms with Crippen LogP contribution >= 0.6 is 0 Å². The van der Waals surface area contributed by atoms with E-state index in [0.29, 0.717) is 18.0 Å². The zero-order chi connectivity index (χ0) is 17.8. The number of aromatic amines is 1. The lowest BCUT2D eigenvalue weighted by Crippen LogP contribution is -2.23. The summed E-state index contributed by atoms with van der Waals surface area (Å²) in [6, 6.07) is 20.9. The van der Waals surface area contributed by atoms with Gasteiger partial charge in [0.15, 0.2) is 0 Å². The molecule has 128 valence electrons. The second-order valence-electron chi connectivity index (χ2n) is 5.88. The smallest absolute Gasteiger partial charge is 0.270 e. The maximum atomic E-state index is 12.3. The molecule has 0 aliphatic rings. The highest BCUT2D eigenvalue weighted by Gasteiger charge is 2.08. The lowest BCUT2D eigenvalue weighted by Gasteiger charge is -2.07. The molecule has 0 aliphatic carbocycles. The molecule has 0 spiro atoms. The molecule has 4 aromatic rings. The third-order valence-electron chi connectivity index (χ3n) is 4.02. The monoisotopic (exact) mass is 343 g/mol. The third kappa shape index (κ3) is 3.57. The fraction of sp³-hybridized carbons (Fsp3) is 0.0476. The lowest BCUT2D eigenvalue weighted by molar-refractivity contribution is 0.0946. The standard InChI is InChI=1S/C21H17N3O2/c25-21(24-13-15-6-7-16-10-11-22-20(16)12-15)19-9-8-18(14-23-19)26-17-4-2-1-3-5-17/h1-12,14,22H,13H2,(H,24,25). The van der Waals surface area contributed by atoms with E-state index >= 15 is 0 Å². The van der Waals surface area contributed by atoms with E-state index in [1.54, 1.807) is 18.3 Å². The molecular weight excluding hydrogens is 326 g/mol. The molecule has 0 unspecified atom stereocenters.